The molecule has 1 fully saturated rings. The molecule has 2 aromatic rings. The van der Waals surface area contributed by atoms with E-state index in [0.717, 1.165) is 7.11 Å². The van der Waals surface area contributed by atoms with Crippen LogP contribution in [-0.2, 0) is 23.7 Å². The van der Waals surface area contributed by atoms with Gasteiger partial charge >= 0.3 is 17.9 Å². The zero-order valence-electron chi connectivity index (χ0n) is 15.9. The molecule has 1 N–H and O–H groups in total. The molecule has 0 aromatic heterocycles. The zero-order valence-corrected chi connectivity index (χ0v) is 15.9. The van der Waals surface area contributed by atoms with E-state index in [9.17, 15) is 24.6 Å². The average Bonchev–Trinajstić information content (AvgIpc) is 2.78. The van der Waals surface area contributed by atoms with Gasteiger partial charge in [-0.1, -0.05) is 36.4 Å². The number of methoxy groups -OCH3 is 1. The molecule has 1 unspecified atom stereocenters. The number of esters is 3. The Kier molecular flexibility index (Phi) is 6.78. The summed E-state index contributed by atoms with van der Waals surface area (Å²) in [7, 11) is 1.05. The quantitative estimate of drug-likeness (QED) is 0.532. The fourth-order valence-electron chi connectivity index (χ4n) is 2.93. The first-order valence-corrected chi connectivity index (χ1v) is 9.01. The van der Waals surface area contributed by atoms with Gasteiger partial charge in [0.15, 0.2) is 18.3 Å². The van der Waals surface area contributed by atoms with E-state index in [0.29, 0.717) is 0 Å². The third-order valence-corrected chi connectivity index (χ3v) is 4.46. The number of hydrogen-bond donors (Lipinski definition) is 1. The second kappa shape index (κ2) is 9.49. The minimum atomic E-state index is -2.11. The van der Waals surface area contributed by atoms with Crippen molar-refractivity contribution in [2.45, 2.75) is 30.7 Å². The van der Waals surface area contributed by atoms with Crippen LogP contribution < -0.4 is 5.11 Å². The summed E-state index contributed by atoms with van der Waals surface area (Å²) in [6.45, 7) is 0. The lowest BCUT2D eigenvalue weighted by Crippen LogP contribution is -2.65. The predicted molar refractivity (Wildman–Crippen MR) is 98.0 cm³/mol. The van der Waals surface area contributed by atoms with Crippen molar-refractivity contribution in [3.05, 3.63) is 71.8 Å². The number of ether oxygens (including phenoxy) is 4. The minimum Gasteiger partial charge on any atom is -0.828 e. The van der Waals surface area contributed by atoms with Crippen molar-refractivity contribution in [2.75, 3.05) is 7.11 Å². The highest BCUT2D eigenvalue weighted by Gasteiger charge is 2.49. The fraction of sp³-hybridized carbons (Fsp3) is 0.286. The maximum atomic E-state index is 12.5. The first kappa shape index (κ1) is 21.4. The van der Waals surface area contributed by atoms with Gasteiger partial charge in [-0.15, -0.1) is 0 Å². The molecule has 0 radical (unpaired) electrons. The van der Waals surface area contributed by atoms with Crippen LogP contribution in [0.15, 0.2) is 60.7 Å². The molecule has 3 rings (SSSR count). The molecule has 1 aliphatic heterocycles. The molecular weight excluding hydrogens is 396 g/mol. The van der Waals surface area contributed by atoms with E-state index in [4.69, 9.17) is 14.2 Å². The molecule has 1 heterocycles. The van der Waals surface area contributed by atoms with E-state index in [1.807, 2.05) is 0 Å². The summed E-state index contributed by atoms with van der Waals surface area (Å²) >= 11 is 0. The van der Waals surface area contributed by atoms with Crippen LogP contribution in [0.25, 0.3) is 0 Å². The van der Waals surface area contributed by atoms with Crippen molar-refractivity contribution in [3.8, 4) is 0 Å². The molecule has 0 aliphatic carbocycles. The normalized spacial score (nSPS) is 25.8. The summed E-state index contributed by atoms with van der Waals surface area (Å²) in [5, 5.41) is 23.1. The van der Waals surface area contributed by atoms with Crippen LogP contribution in [-0.4, -0.2) is 60.8 Å². The van der Waals surface area contributed by atoms with Crippen LogP contribution in [0.2, 0.25) is 0 Å². The number of aliphatic hydroxyl groups is 1. The van der Waals surface area contributed by atoms with Gasteiger partial charge in [0.1, 0.15) is 6.10 Å². The van der Waals surface area contributed by atoms with E-state index in [2.05, 4.69) is 4.74 Å². The summed E-state index contributed by atoms with van der Waals surface area (Å²) in [5.41, 5.74) is 0.281. The third-order valence-electron chi connectivity index (χ3n) is 4.46. The number of aliphatic hydroxyl groups excluding tert-OH is 1. The molecule has 0 amide bonds. The SMILES string of the molecule is COC(=O)[C@H]1OC([O-])[C@H](OC(=O)c2ccccc2)[C@@H](OC(=O)c2ccccc2)[C@@H]1O. The van der Waals surface area contributed by atoms with Crippen molar-refractivity contribution >= 4 is 17.9 Å². The van der Waals surface area contributed by atoms with Crippen LogP contribution in [0, 0.1) is 0 Å². The van der Waals surface area contributed by atoms with Crippen molar-refractivity contribution in [1.82, 2.24) is 0 Å². The van der Waals surface area contributed by atoms with E-state index in [1.165, 1.54) is 24.3 Å². The highest BCUT2D eigenvalue weighted by atomic mass is 16.7. The molecule has 9 nitrogen and oxygen atoms in total. The molecule has 1 aliphatic rings. The lowest BCUT2D eigenvalue weighted by Gasteiger charge is -2.45. The van der Waals surface area contributed by atoms with Gasteiger partial charge in [0.05, 0.1) is 18.2 Å². The Bertz CT molecular complexity index is 884. The summed E-state index contributed by atoms with van der Waals surface area (Å²) in [5.74, 6) is -2.79. The highest BCUT2D eigenvalue weighted by molar-refractivity contribution is 5.90. The average molecular weight is 415 g/mol. The van der Waals surface area contributed by atoms with Crippen LogP contribution in [0.3, 0.4) is 0 Å². The molecule has 158 valence electrons. The molecule has 5 atom stereocenters. The van der Waals surface area contributed by atoms with Crippen LogP contribution in [0.4, 0.5) is 0 Å². The fourth-order valence-corrected chi connectivity index (χ4v) is 2.93. The molecule has 1 saturated heterocycles. The number of hydrogen-bond acceptors (Lipinski definition) is 9. The van der Waals surface area contributed by atoms with Gasteiger partial charge < -0.3 is 29.2 Å². The molecule has 9 heteroatoms. The number of rotatable bonds is 5. The van der Waals surface area contributed by atoms with Crippen molar-refractivity contribution < 1.29 is 43.5 Å². The summed E-state index contributed by atoms with van der Waals surface area (Å²) in [6.07, 6.45) is -8.99. The Morgan fingerprint density at radius 2 is 1.33 bits per heavy atom. The first-order valence-electron chi connectivity index (χ1n) is 9.01. The number of carbonyl (C=O) groups is 3. The standard InChI is InChI=1S/C21H19O9/c1-27-20(25)16-14(22)15(28-18(23)12-8-4-2-5-9-12)17(21(26)29-16)30-19(24)13-10-6-3-7-11-13/h2-11,14-17,21-22H,1H3/q-1/t14-,15-,16-,17+,21?/m0/s1. The van der Waals surface area contributed by atoms with Crippen LogP contribution >= 0.6 is 0 Å². The summed E-state index contributed by atoms with van der Waals surface area (Å²) in [6, 6.07) is 15.6. The Balaban J connectivity index is 1.86. The topological polar surface area (TPSA) is 131 Å². The second-order valence-electron chi connectivity index (χ2n) is 6.41. The van der Waals surface area contributed by atoms with Gasteiger partial charge in [-0.05, 0) is 24.3 Å². The van der Waals surface area contributed by atoms with E-state index < -0.39 is 48.6 Å². The number of benzene rings is 2. The lowest BCUT2D eigenvalue weighted by molar-refractivity contribution is -0.528. The largest absolute Gasteiger partial charge is 0.828 e. The smallest absolute Gasteiger partial charge is 0.338 e. The van der Waals surface area contributed by atoms with Crippen LogP contribution in [0.5, 0.6) is 0 Å². The Morgan fingerprint density at radius 1 is 0.867 bits per heavy atom. The zero-order chi connectivity index (χ0) is 21.7. The molecule has 2 aromatic carbocycles. The van der Waals surface area contributed by atoms with Crippen molar-refractivity contribution in [3.63, 3.8) is 0 Å². The number of carbonyl (C=O) groups excluding carboxylic acids is 3. The Morgan fingerprint density at radius 3 is 1.80 bits per heavy atom. The predicted octanol–water partition coefficient (Wildman–Crippen LogP) is 0.0567. The van der Waals surface area contributed by atoms with Crippen molar-refractivity contribution in [2.24, 2.45) is 0 Å². The maximum Gasteiger partial charge on any atom is 0.338 e. The van der Waals surface area contributed by atoms with Gasteiger partial charge in [-0.2, -0.15) is 0 Å². The summed E-state index contributed by atoms with van der Waals surface area (Å²) in [4.78, 5) is 36.8. The summed E-state index contributed by atoms with van der Waals surface area (Å²) < 4.78 is 20.0. The maximum absolute atomic E-state index is 12.5. The Hall–Kier alpha value is -3.27. The molecular formula is C21H19O9-. The lowest BCUT2D eigenvalue weighted by atomic mass is 9.98. The minimum absolute atomic E-state index is 0.140. The van der Waals surface area contributed by atoms with Crippen molar-refractivity contribution in [1.29, 1.82) is 0 Å². The first-order chi connectivity index (χ1) is 14.4. The van der Waals surface area contributed by atoms with Gasteiger partial charge in [-0.3, -0.25) is 0 Å². The molecule has 30 heavy (non-hydrogen) atoms. The van der Waals surface area contributed by atoms with Gasteiger partial charge in [0, 0.05) is 6.29 Å². The molecule has 0 saturated carbocycles. The molecule has 0 spiro atoms. The van der Waals surface area contributed by atoms with E-state index >= 15 is 0 Å². The Labute approximate surface area is 171 Å². The molecule has 0 bridgehead atoms. The van der Waals surface area contributed by atoms with Gasteiger partial charge in [0.25, 0.3) is 0 Å². The van der Waals surface area contributed by atoms with Gasteiger partial charge in [-0.25, -0.2) is 14.4 Å². The van der Waals surface area contributed by atoms with Gasteiger partial charge in [0.2, 0.25) is 0 Å². The highest BCUT2D eigenvalue weighted by Crippen LogP contribution is 2.26. The second-order valence-corrected chi connectivity index (χ2v) is 6.41. The monoisotopic (exact) mass is 415 g/mol. The van der Waals surface area contributed by atoms with E-state index in [-0.39, 0.29) is 11.1 Å². The third kappa shape index (κ3) is 4.65. The van der Waals surface area contributed by atoms with E-state index in [1.54, 1.807) is 36.4 Å². The van der Waals surface area contributed by atoms with Crippen LogP contribution in [0.1, 0.15) is 20.7 Å².